The lowest BCUT2D eigenvalue weighted by Gasteiger charge is -2.32. The Kier molecular flexibility index (Phi) is 6.53. The number of carbonyl (C=O) groups is 1. The third-order valence-corrected chi connectivity index (χ3v) is 6.03. The van der Waals surface area contributed by atoms with E-state index < -0.39 is 0 Å². The molecule has 3 heterocycles. The second kappa shape index (κ2) is 9.51. The van der Waals surface area contributed by atoms with E-state index >= 15 is 0 Å². The molecule has 0 bridgehead atoms. The Morgan fingerprint density at radius 2 is 1.91 bits per heavy atom. The first kappa shape index (κ1) is 22.0. The van der Waals surface area contributed by atoms with Crippen LogP contribution in [0, 0.1) is 6.92 Å². The minimum Gasteiger partial charge on any atom is -0.378 e. The molecule has 0 N–H and O–H groups in total. The van der Waals surface area contributed by atoms with Crippen molar-refractivity contribution >= 4 is 11.6 Å². The molecule has 3 aromatic rings. The summed E-state index contributed by atoms with van der Waals surface area (Å²) in [5.41, 5.74) is 4.59. The summed E-state index contributed by atoms with van der Waals surface area (Å²) in [6, 6.07) is 9.73. The second-order valence-electron chi connectivity index (χ2n) is 8.68. The highest BCUT2D eigenvalue weighted by Crippen LogP contribution is 2.34. The van der Waals surface area contributed by atoms with E-state index in [1.165, 1.54) is 0 Å². The summed E-state index contributed by atoms with van der Waals surface area (Å²) >= 11 is 0. The number of nitrogens with zero attached hydrogens (tertiary/aromatic N) is 5. The average Bonchev–Trinajstić information content (AvgIpc) is 3.25. The molecule has 168 valence electrons. The molecule has 2 aromatic heterocycles. The minimum atomic E-state index is 0.0919. The van der Waals surface area contributed by atoms with Crippen molar-refractivity contribution < 1.29 is 9.32 Å². The first-order valence-electron chi connectivity index (χ1n) is 11.3. The smallest absolute Gasteiger partial charge is 0.253 e. The van der Waals surface area contributed by atoms with Gasteiger partial charge in [-0.3, -0.25) is 4.79 Å². The van der Waals surface area contributed by atoms with E-state index in [2.05, 4.69) is 17.1 Å². The molecule has 1 aromatic carbocycles. The SMILES string of the molecule is CCCc1ncc(-c2cc(C)no2)c(C2CCN(C(=O)c3ccc(N(C)C)cc3)CC2)n1. The van der Waals surface area contributed by atoms with Crippen LogP contribution in [0.5, 0.6) is 0 Å². The predicted octanol–water partition coefficient (Wildman–Crippen LogP) is 4.48. The highest BCUT2D eigenvalue weighted by atomic mass is 16.5. The van der Waals surface area contributed by atoms with E-state index in [-0.39, 0.29) is 11.8 Å². The van der Waals surface area contributed by atoms with Gasteiger partial charge in [-0.15, -0.1) is 0 Å². The molecule has 0 atom stereocenters. The lowest BCUT2D eigenvalue weighted by Crippen LogP contribution is -2.38. The van der Waals surface area contributed by atoms with Crippen LogP contribution < -0.4 is 4.90 Å². The zero-order valence-corrected chi connectivity index (χ0v) is 19.3. The van der Waals surface area contributed by atoms with Crippen molar-refractivity contribution in [2.45, 2.75) is 45.4 Å². The van der Waals surface area contributed by atoms with E-state index in [1.807, 2.05) is 67.3 Å². The van der Waals surface area contributed by atoms with Gasteiger partial charge in [-0.2, -0.15) is 0 Å². The summed E-state index contributed by atoms with van der Waals surface area (Å²) in [4.78, 5) is 26.5. The molecule has 0 spiro atoms. The van der Waals surface area contributed by atoms with Crippen LogP contribution in [0.1, 0.15) is 59.7 Å². The van der Waals surface area contributed by atoms with Gasteiger partial charge in [0.25, 0.3) is 5.91 Å². The number of likely N-dealkylation sites (tertiary alicyclic amines) is 1. The number of rotatable bonds is 6. The van der Waals surface area contributed by atoms with Crippen LogP contribution in [0.25, 0.3) is 11.3 Å². The molecule has 1 aliphatic rings. The van der Waals surface area contributed by atoms with Gasteiger partial charge in [-0.25, -0.2) is 9.97 Å². The molecule has 1 fully saturated rings. The fourth-order valence-electron chi connectivity index (χ4n) is 4.21. The number of piperidine rings is 1. The van der Waals surface area contributed by atoms with Crippen LogP contribution in [0.3, 0.4) is 0 Å². The van der Waals surface area contributed by atoms with E-state index in [0.29, 0.717) is 18.8 Å². The lowest BCUT2D eigenvalue weighted by atomic mass is 9.89. The zero-order valence-electron chi connectivity index (χ0n) is 19.3. The van der Waals surface area contributed by atoms with E-state index in [9.17, 15) is 4.79 Å². The molecule has 1 saturated heterocycles. The molecule has 32 heavy (non-hydrogen) atoms. The van der Waals surface area contributed by atoms with Crippen molar-refractivity contribution in [1.82, 2.24) is 20.0 Å². The van der Waals surface area contributed by atoms with Crippen LogP contribution in [0.15, 0.2) is 41.1 Å². The van der Waals surface area contributed by atoms with Crippen molar-refractivity contribution in [1.29, 1.82) is 0 Å². The topological polar surface area (TPSA) is 75.4 Å². The highest BCUT2D eigenvalue weighted by molar-refractivity contribution is 5.94. The van der Waals surface area contributed by atoms with E-state index in [0.717, 1.165) is 59.7 Å². The predicted molar refractivity (Wildman–Crippen MR) is 125 cm³/mol. The van der Waals surface area contributed by atoms with Gasteiger partial charge in [0.2, 0.25) is 0 Å². The van der Waals surface area contributed by atoms with Crippen molar-refractivity contribution in [2.75, 3.05) is 32.1 Å². The summed E-state index contributed by atoms with van der Waals surface area (Å²) < 4.78 is 5.53. The molecular weight excluding hydrogens is 402 g/mol. The highest BCUT2D eigenvalue weighted by Gasteiger charge is 2.28. The molecule has 7 heteroatoms. The van der Waals surface area contributed by atoms with Crippen LogP contribution >= 0.6 is 0 Å². The number of amides is 1. The van der Waals surface area contributed by atoms with Gasteiger partial charge in [0.15, 0.2) is 5.76 Å². The van der Waals surface area contributed by atoms with Gasteiger partial charge in [-0.05, 0) is 50.5 Å². The number of carbonyl (C=O) groups excluding carboxylic acids is 1. The first-order chi connectivity index (χ1) is 15.5. The normalized spacial score (nSPS) is 14.6. The third-order valence-electron chi connectivity index (χ3n) is 6.03. The number of benzene rings is 1. The minimum absolute atomic E-state index is 0.0919. The fraction of sp³-hybridized carbons (Fsp3) is 0.440. The van der Waals surface area contributed by atoms with Gasteiger partial charge in [0.1, 0.15) is 5.82 Å². The van der Waals surface area contributed by atoms with E-state index in [1.54, 1.807) is 0 Å². The summed E-state index contributed by atoms with van der Waals surface area (Å²) in [5.74, 6) is 1.92. The van der Waals surface area contributed by atoms with Crippen LogP contribution in [-0.4, -0.2) is 53.1 Å². The van der Waals surface area contributed by atoms with Gasteiger partial charge in [0.05, 0.1) is 17.0 Å². The Labute approximate surface area is 189 Å². The molecule has 0 aliphatic carbocycles. The third kappa shape index (κ3) is 4.66. The number of aryl methyl sites for hydroxylation is 2. The fourth-order valence-corrected chi connectivity index (χ4v) is 4.21. The van der Waals surface area contributed by atoms with Crippen molar-refractivity contribution in [3.8, 4) is 11.3 Å². The van der Waals surface area contributed by atoms with Gasteiger partial charge >= 0.3 is 0 Å². The molecule has 0 radical (unpaired) electrons. The molecule has 4 rings (SSSR count). The van der Waals surface area contributed by atoms with Crippen molar-refractivity contribution in [2.24, 2.45) is 0 Å². The maximum atomic E-state index is 13.0. The number of hydrogen-bond donors (Lipinski definition) is 0. The average molecular weight is 434 g/mol. The van der Waals surface area contributed by atoms with Gasteiger partial charge in [-0.1, -0.05) is 12.1 Å². The van der Waals surface area contributed by atoms with Gasteiger partial charge in [0, 0.05) is 63.0 Å². The van der Waals surface area contributed by atoms with Crippen LogP contribution in [0.4, 0.5) is 5.69 Å². The Morgan fingerprint density at radius 1 is 1.19 bits per heavy atom. The van der Waals surface area contributed by atoms with Crippen molar-refractivity contribution in [3.63, 3.8) is 0 Å². The monoisotopic (exact) mass is 433 g/mol. The first-order valence-corrected chi connectivity index (χ1v) is 11.3. The number of aromatic nitrogens is 3. The van der Waals surface area contributed by atoms with E-state index in [4.69, 9.17) is 9.51 Å². The Balaban J connectivity index is 1.51. The number of hydrogen-bond acceptors (Lipinski definition) is 6. The second-order valence-corrected chi connectivity index (χ2v) is 8.68. The summed E-state index contributed by atoms with van der Waals surface area (Å²) in [7, 11) is 3.99. The number of anilines is 1. The summed E-state index contributed by atoms with van der Waals surface area (Å²) in [5, 5.41) is 4.04. The lowest BCUT2D eigenvalue weighted by molar-refractivity contribution is 0.0712. The quantitative estimate of drug-likeness (QED) is 0.571. The molecule has 0 unspecified atom stereocenters. The Bertz CT molecular complexity index is 1070. The van der Waals surface area contributed by atoms with Crippen LogP contribution in [-0.2, 0) is 6.42 Å². The molecule has 7 nitrogen and oxygen atoms in total. The zero-order chi connectivity index (χ0) is 22.7. The van der Waals surface area contributed by atoms with Crippen LogP contribution in [0.2, 0.25) is 0 Å². The molecule has 1 amide bonds. The maximum Gasteiger partial charge on any atom is 0.253 e. The summed E-state index contributed by atoms with van der Waals surface area (Å²) in [6.07, 6.45) is 5.45. The standard InChI is InChI=1S/C25H31N5O2/c1-5-6-23-26-16-21(22-15-17(2)28-32-22)24(27-23)18-11-13-30(14-12-18)25(31)19-7-9-20(10-8-19)29(3)4/h7-10,15-16,18H,5-6,11-14H2,1-4H3. The van der Waals surface area contributed by atoms with Gasteiger partial charge < -0.3 is 14.3 Å². The Hall–Kier alpha value is -3.22. The Morgan fingerprint density at radius 3 is 2.50 bits per heavy atom. The molecular formula is C25H31N5O2. The largest absolute Gasteiger partial charge is 0.378 e. The molecule has 1 aliphatic heterocycles. The molecule has 0 saturated carbocycles. The maximum absolute atomic E-state index is 13.0. The van der Waals surface area contributed by atoms with Crippen molar-refractivity contribution in [3.05, 3.63) is 59.3 Å². The summed E-state index contributed by atoms with van der Waals surface area (Å²) in [6.45, 7) is 5.46.